The Morgan fingerprint density at radius 1 is 1.00 bits per heavy atom. The number of benzene rings is 2. The zero-order valence-electron chi connectivity index (χ0n) is 18.2. The van der Waals surface area contributed by atoms with Gasteiger partial charge in [-0.2, -0.15) is 0 Å². The van der Waals surface area contributed by atoms with Crippen LogP contribution in [-0.2, 0) is 6.42 Å². The van der Waals surface area contributed by atoms with Gasteiger partial charge in [0.15, 0.2) is 5.78 Å². The zero-order valence-corrected chi connectivity index (χ0v) is 18.2. The van der Waals surface area contributed by atoms with Gasteiger partial charge in [-0.3, -0.25) is 4.79 Å². The average Bonchev–Trinajstić information content (AvgIpc) is 2.74. The predicted molar refractivity (Wildman–Crippen MR) is 120 cm³/mol. The van der Waals surface area contributed by atoms with Gasteiger partial charge in [0.1, 0.15) is 5.82 Å². The molecule has 0 heterocycles. The Morgan fingerprint density at radius 3 is 2.24 bits per heavy atom. The van der Waals surface area contributed by atoms with Crippen LogP contribution in [0, 0.1) is 23.6 Å². The van der Waals surface area contributed by atoms with E-state index in [0.29, 0.717) is 23.8 Å². The first-order valence-corrected chi connectivity index (χ1v) is 11.4. The topological polar surface area (TPSA) is 17.1 Å². The maximum absolute atomic E-state index is 14.7. The van der Waals surface area contributed by atoms with E-state index in [4.69, 9.17) is 0 Å². The fraction of sp³-hybridized carbons (Fsp3) is 0.519. The van der Waals surface area contributed by atoms with E-state index in [1.165, 1.54) is 32.1 Å². The molecule has 1 aliphatic carbocycles. The molecule has 0 aliphatic heterocycles. The quantitative estimate of drug-likeness (QED) is 0.416. The summed E-state index contributed by atoms with van der Waals surface area (Å²) in [6.07, 6.45) is 8.79. The number of carbonyl (C=O) groups excluding carboxylic acids is 1. The van der Waals surface area contributed by atoms with Gasteiger partial charge in [0.05, 0.1) is 0 Å². The van der Waals surface area contributed by atoms with Crippen LogP contribution >= 0.6 is 0 Å². The van der Waals surface area contributed by atoms with Gasteiger partial charge in [-0.15, -0.1) is 0 Å². The Kier molecular flexibility index (Phi) is 7.64. The van der Waals surface area contributed by atoms with Crippen molar-refractivity contribution >= 4 is 5.78 Å². The van der Waals surface area contributed by atoms with Crippen LogP contribution in [0.2, 0.25) is 0 Å². The summed E-state index contributed by atoms with van der Waals surface area (Å²) in [6, 6.07) is 13.0. The molecular formula is C27H35FO. The van der Waals surface area contributed by atoms with Crippen LogP contribution in [0.25, 0.3) is 11.1 Å². The Bertz CT molecular complexity index is 800. The van der Waals surface area contributed by atoms with E-state index in [2.05, 4.69) is 20.8 Å². The third-order valence-corrected chi connectivity index (χ3v) is 6.85. The maximum Gasteiger partial charge on any atom is 0.163 e. The number of hydrogen-bond acceptors (Lipinski definition) is 1. The van der Waals surface area contributed by atoms with Crippen LogP contribution in [0.3, 0.4) is 0 Å². The first kappa shape index (κ1) is 21.7. The third-order valence-electron chi connectivity index (χ3n) is 6.85. The Morgan fingerprint density at radius 2 is 1.66 bits per heavy atom. The molecule has 0 aromatic heterocycles. The van der Waals surface area contributed by atoms with E-state index in [1.807, 2.05) is 36.4 Å². The van der Waals surface area contributed by atoms with Gasteiger partial charge in [0.25, 0.3) is 0 Å². The van der Waals surface area contributed by atoms with E-state index in [9.17, 15) is 9.18 Å². The second-order valence-corrected chi connectivity index (χ2v) is 9.03. The van der Waals surface area contributed by atoms with Crippen LogP contribution in [0.4, 0.5) is 4.39 Å². The fourth-order valence-corrected chi connectivity index (χ4v) is 4.53. The van der Waals surface area contributed by atoms with E-state index < -0.39 is 0 Å². The Balaban J connectivity index is 1.63. The number of halogens is 1. The number of Topliss-reactive ketones (excluding diaryl/α,β-unsaturated/α-hetero) is 1. The highest BCUT2D eigenvalue weighted by Crippen LogP contribution is 2.33. The van der Waals surface area contributed by atoms with Gasteiger partial charge in [-0.25, -0.2) is 4.39 Å². The normalized spacial score (nSPS) is 20.4. The molecule has 0 saturated heterocycles. The minimum atomic E-state index is -0.183. The number of hydrogen-bond donors (Lipinski definition) is 0. The minimum absolute atomic E-state index is 0.183. The lowest BCUT2D eigenvalue weighted by molar-refractivity contribution is 0.0942. The standard InChI is InChI=1S/C27H35FO/c1-4-19(3)16-22-10-15-25(26(28)17-22)23-11-13-24(14-12-23)27(29)18-21-8-6-20(5-2)7-9-21/h10-15,17,19-21H,4-9,16,18H2,1-3H3. The van der Waals surface area contributed by atoms with E-state index in [-0.39, 0.29) is 11.6 Å². The van der Waals surface area contributed by atoms with Crippen molar-refractivity contribution in [1.29, 1.82) is 0 Å². The summed E-state index contributed by atoms with van der Waals surface area (Å²) < 4.78 is 14.7. The summed E-state index contributed by atoms with van der Waals surface area (Å²) in [7, 11) is 0. The second kappa shape index (κ2) is 10.2. The molecule has 2 aromatic rings. The molecule has 0 amide bonds. The van der Waals surface area contributed by atoms with Crippen LogP contribution in [0.5, 0.6) is 0 Å². The zero-order chi connectivity index (χ0) is 20.8. The first-order chi connectivity index (χ1) is 14.0. The summed E-state index contributed by atoms with van der Waals surface area (Å²) in [4.78, 5) is 12.7. The Labute approximate surface area is 175 Å². The molecule has 1 saturated carbocycles. The molecule has 29 heavy (non-hydrogen) atoms. The minimum Gasteiger partial charge on any atom is -0.294 e. The molecule has 1 nitrogen and oxygen atoms in total. The SMILES string of the molecule is CCC(C)Cc1ccc(-c2ccc(C(=O)CC3CCC(CC)CC3)cc2)c(F)c1. The molecular weight excluding hydrogens is 359 g/mol. The van der Waals surface area contributed by atoms with Crippen molar-refractivity contribution in [3.8, 4) is 11.1 Å². The summed E-state index contributed by atoms with van der Waals surface area (Å²) in [5.41, 5.74) is 3.23. The lowest BCUT2D eigenvalue weighted by Crippen LogP contribution is -2.17. The molecule has 1 atom stereocenters. The van der Waals surface area contributed by atoms with Crippen molar-refractivity contribution < 1.29 is 9.18 Å². The molecule has 0 bridgehead atoms. The fourth-order valence-electron chi connectivity index (χ4n) is 4.53. The highest BCUT2D eigenvalue weighted by atomic mass is 19.1. The second-order valence-electron chi connectivity index (χ2n) is 9.03. The van der Waals surface area contributed by atoms with Crippen LogP contribution in [0.15, 0.2) is 42.5 Å². The Hall–Kier alpha value is -1.96. The van der Waals surface area contributed by atoms with Crippen LogP contribution in [0.1, 0.15) is 81.6 Å². The molecule has 0 N–H and O–H groups in total. The molecule has 0 spiro atoms. The predicted octanol–water partition coefficient (Wildman–Crippen LogP) is 7.87. The van der Waals surface area contributed by atoms with Gasteiger partial charge in [0, 0.05) is 17.5 Å². The summed E-state index contributed by atoms with van der Waals surface area (Å²) in [6.45, 7) is 6.62. The van der Waals surface area contributed by atoms with Gasteiger partial charge in [0.2, 0.25) is 0 Å². The number of carbonyl (C=O) groups is 1. The average molecular weight is 395 g/mol. The van der Waals surface area contributed by atoms with Crippen molar-refractivity contribution in [2.24, 2.45) is 17.8 Å². The number of ketones is 1. The summed E-state index contributed by atoms with van der Waals surface area (Å²) in [5.74, 6) is 1.98. The van der Waals surface area contributed by atoms with Crippen molar-refractivity contribution in [2.45, 2.75) is 72.1 Å². The molecule has 2 heteroatoms. The van der Waals surface area contributed by atoms with Gasteiger partial charge in [-0.05, 0) is 54.2 Å². The van der Waals surface area contributed by atoms with E-state index in [0.717, 1.165) is 35.4 Å². The highest BCUT2D eigenvalue weighted by Gasteiger charge is 2.22. The van der Waals surface area contributed by atoms with Crippen molar-refractivity contribution in [3.63, 3.8) is 0 Å². The maximum atomic E-state index is 14.7. The van der Waals surface area contributed by atoms with Crippen molar-refractivity contribution in [3.05, 3.63) is 59.4 Å². The van der Waals surface area contributed by atoms with E-state index in [1.54, 1.807) is 6.07 Å². The van der Waals surface area contributed by atoms with Gasteiger partial charge >= 0.3 is 0 Å². The lowest BCUT2D eigenvalue weighted by atomic mass is 9.78. The summed E-state index contributed by atoms with van der Waals surface area (Å²) >= 11 is 0. The summed E-state index contributed by atoms with van der Waals surface area (Å²) in [5, 5.41) is 0. The molecule has 0 radical (unpaired) electrons. The van der Waals surface area contributed by atoms with Gasteiger partial charge in [-0.1, -0.05) is 82.9 Å². The third kappa shape index (κ3) is 5.78. The van der Waals surface area contributed by atoms with Crippen LogP contribution < -0.4 is 0 Å². The molecule has 1 aliphatic rings. The monoisotopic (exact) mass is 394 g/mol. The molecule has 3 rings (SSSR count). The molecule has 1 unspecified atom stereocenters. The molecule has 2 aromatic carbocycles. The van der Waals surface area contributed by atoms with Crippen LogP contribution in [-0.4, -0.2) is 5.78 Å². The number of rotatable bonds is 8. The van der Waals surface area contributed by atoms with Gasteiger partial charge < -0.3 is 0 Å². The molecule has 156 valence electrons. The van der Waals surface area contributed by atoms with Crippen molar-refractivity contribution in [2.75, 3.05) is 0 Å². The highest BCUT2D eigenvalue weighted by molar-refractivity contribution is 5.96. The van der Waals surface area contributed by atoms with E-state index >= 15 is 0 Å². The first-order valence-electron chi connectivity index (χ1n) is 11.4. The lowest BCUT2D eigenvalue weighted by Gasteiger charge is -2.27. The molecule has 1 fully saturated rings. The smallest absolute Gasteiger partial charge is 0.163 e. The largest absolute Gasteiger partial charge is 0.294 e. The van der Waals surface area contributed by atoms with Crippen molar-refractivity contribution in [1.82, 2.24) is 0 Å².